The van der Waals surface area contributed by atoms with Gasteiger partial charge >= 0.3 is 0 Å². The van der Waals surface area contributed by atoms with Crippen LogP contribution in [0.2, 0.25) is 0 Å². The fraction of sp³-hybridized carbons (Fsp3) is 0.500. The Hall–Kier alpha value is -2.47. The second-order valence-corrected chi connectivity index (χ2v) is 7.78. The topological polar surface area (TPSA) is 52.6 Å². The molecule has 0 saturated carbocycles. The standard InChI is InChI=1S/C22H31N5O/c1-17(2)27(15-20-8-6-5-7-9-20)22(28)16-25-10-12-26(13-11-25)21-14-18(3)23-19(4)24-21/h5-9,14,17H,10-13,15-16H2,1-4H3. The van der Waals surface area contributed by atoms with Gasteiger partial charge < -0.3 is 9.80 Å². The quantitative estimate of drug-likeness (QED) is 0.770. The van der Waals surface area contributed by atoms with Gasteiger partial charge in [-0.05, 0) is 33.3 Å². The van der Waals surface area contributed by atoms with Crippen LogP contribution in [0.25, 0.3) is 0 Å². The van der Waals surface area contributed by atoms with Gasteiger partial charge in [-0.2, -0.15) is 0 Å². The first kappa shape index (κ1) is 20.3. The molecule has 2 aromatic rings. The molecule has 150 valence electrons. The van der Waals surface area contributed by atoms with Crippen molar-refractivity contribution in [2.75, 3.05) is 37.6 Å². The third kappa shape index (κ3) is 5.29. The molecule has 6 heteroatoms. The lowest BCUT2D eigenvalue weighted by Crippen LogP contribution is -2.51. The SMILES string of the molecule is Cc1cc(N2CCN(CC(=O)N(Cc3ccccc3)C(C)C)CC2)nc(C)n1. The lowest BCUT2D eigenvalue weighted by atomic mass is 10.2. The minimum absolute atomic E-state index is 0.181. The van der Waals surface area contributed by atoms with Gasteiger partial charge in [0.1, 0.15) is 11.6 Å². The first-order chi connectivity index (χ1) is 13.4. The van der Waals surface area contributed by atoms with Crippen LogP contribution in [0.4, 0.5) is 5.82 Å². The van der Waals surface area contributed by atoms with Crippen molar-refractivity contribution in [3.05, 3.63) is 53.5 Å². The summed E-state index contributed by atoms with van der Waals surface area (Å²) in [4.78, 5) is 28.4. The van der Waals surface area contributed by atoms with Gasteiger partial charge in [0.15, 0.2) is 0 Å². The van der Waals surface area contributed by atoms with Gasteiger partial charge in [-0.25, -0.2) is 9.97 Å². The van der Waals surface area contributed by atoms with Crippen molar-refractivity contribution >= 4 is 11.7 Å². The summed E-state index contributed by atoms with van der Waals surface area (Å²) in [7, 11) is 0. The lowest BCUT2D eigenvalue weighted by Gasteiger charge is -2.36. The third-order valence-corrected chi connectivity index (χ3v) is 5.15. The molecule has 0 atom stereocenters. The van der Waals surface area contributed by atoms with Crippen LogP contribution in [0.3, 0.4) is 0 Å². The van der Waals surface area contributed by atoms with Crippen molar-refractivity contribution in [3.63, 3.8) is 0 Å². The molecule has 0 N–H and O–H groups in total. The molecule has 2 heterocycles. The highest BCUT2D eigenvalue weighted by molar-refractivity contribution is 5.78. The molecular weight excluding hydrogens is 350 g/mol. The molecule has 1 saturated heterocycles. The molecule has 1 fully saturated rings. The summed E-state index contributed by atoms with van der Waals surface area (Å²) in [5.74, 6) is 1.99. The summed E-state index contributed by atoms with van der Waals surface area (Å²) in [6.45, 7) is 12.7. The van der Waals surface area contributed by atoms with E-state index in [0.29, 0.717) is 13.1 Å². The number of anilines is 1. The van der Waals surface area contributed by atoms with Crippen molar-refractivity contribution in [1.29, 1.82) is 0 Å². The number of carbonyl (C=O) groups excluding carboxylic acids is 1. The number of nitrogens with zero attached hydrogens (tertiary/aromatic N) is 5. The molecule has 0 aliphatic carbocycles. The summed E-state index contributed by atoms with van der Waals surface area (Å²) >= 11 is 0. The Balaban J connectivity index is 1.56. The monoisotopic (exact) mass is 381 g/mol. The number of aryl methyl sites for hydroxylation is 2. The number of amides is 1. The summed E-state index contributed by atoms with van der Waals surface area (Å²) in [5.41, 5.74) is 2.16. The van der Waals surface area contributed by atoms with E-state index in [4.69, 9.17) is 0 Å². The molecule has 0 spiro atoms. The summed E-state index contributed by atoms with van der Waals surface area (Å²) < 4.78 is 0. The van der Waals surface area contributed by atoms with Crippen LogP contribution in [0.15, 0.2) is 36.4 Å². The second-order valence-electron chi connectivity index (χ2n) is 7.78. The normalized spacial score (nSPS) is 15.1. The molecule has 6 nitrogen and oxygen atoms in total. The first-order valence-electron chi connectivity index (χ1n) is 10.1. The second kappa shape index (κ2) is 9.15. The highest BCUT2D eigenvalue weighted by Crippen LogP contribution is 2.16. The zero-order chi connectivity index (χ0) is 20.1. The van der Waals surface area contributed by atoms with Crippen LogP contribution in [0.1, 0.15) is 30.9 Å². The van der Waals surface area contributed by atoms with Crippen molar-refractivity contribution < 1.29 is 4.79 Å². The maximum Gasteiger partial charge on any atom is 0.237 e. The largest absolute Gasteiger partial charge is 0.354 e. The summed E-state index contributed by atoms with van der Waals surface area (Å²) in [6.07, 6.45) is 0. The predicted octanol–water partition coefficient (Wildman–Crippen LogP) is 2.65. The van der Waals surface area contributed by atoms with E-state index in [0.717, 1.165) is 43.5 Å². The van der Waals surface area contributed by atoms with E-state index >= 15 is 0 Å². The molecule has 0 unspecified atom stereocenters. The molecule has 1 aliphatic heterocycles. The number of piperazine rings is 1. The van der Waals surface area contributed by atoms with Crippen molar-refractivity contribution in [2.24, 2.45) is 0 Å². The molecular formula is C22H31N5O. The van der Waals surface area contributed by atoms with Gasteiger partial charge in [-0.15, -0.1) is 0 Å². The average molecular weight is 382 g/mol. The van der Waals surface area contributed by atoms with Gasteiger partial charge in [0.05, 0.1) is 6.54 Å². The fourth-order valence-corrected chi connectivity index (χ4v) is 3.62. The van der Waals surface area contributed by atoms with Crippen LogP contribution < -0.4 is 4.90 Å². The molecule has 3 rings (SSSR count). The van der Waals surface area contributed by atoms with E-state index in [1.807, 2.05) is 43.0 Å². The van der Waals surface area contributed by atoms with Crippen LogP contribution in [-0.4, -0.2) is 64.4 Å². The van der Waals surface area contributed by atoms with Crippen LogP contribution in [0, 0.1) is 13.8 Å². The van der Waals surface area contributed by atoms with Gasteiger partial charge in [-0.3, -0.25) is 9.69 Å². The number of carbonyl (C=O) groups is 1. The van der Waals surface area contributed by atoms with Crippen LogP contribution in [-0.2, 0) is 11.3 Å². The van der Waals surface area contributed by atoms with E-state index in [2.05, 4.69) is 45.7 Å². The maximum atomic E-state index is 12.9. The minimum atomic E-state index is 0.181. The van der Waals surface area contributed by atoms with Crippen molar-refractivity contribution in [1.82, 2.24) is 19.8 Å². The molecule has 1 aromatic heterocycles. The summed E-state index contributed by atoms with van der Waals surface area (Å²) in [6, 6.07) is 12.4. The molecule has 1 aliphatic rings. The van der Waals surface area contributed by atoms with Gasteiger partial charge in [0, 0.05) is 50.5 Å². The average Bonchev–Trinajstić information content (AvgIpc) is 2.66. The van der Waals surface area contributed by atoms with Gasteiger partial charge in [0.2, 0.25) is 5.91 Å². The maximum absolute atomic E-state index is 12.9. The van der Waals surface area contributed by atoms with Gasteiger partial charge in [0.25, 0.3) is 0 Å². The highest BCUT2D eigenvalue weighted by Gasteiger charge is 2.24. The minimum Gasteiger partial charge on any atom is -0.354 e. The Kier molecular flexibility index (Phi) is 6.62. The van der Waals surface area contributed by atoms with E-state index < -0.39 is 0 Å². The van der Waals surface area contributed by atoms with E-state index in [-0.39, 0.29) is 11.9 Å². The number of hydrogen-bond donors (Lipinski definition) is 0. The Labute approximate surface area is 168 Å². The predicted molar refractivity (Wildman–Crippen MR) is 112 cm³/mol. The van der Waals surface area contributed by atoms with Gasteiger partial charge in [-0.1, -0.05) is 30.3 Å². The van der Waals surface area contributed by atoms with Crippen LogP contribution in [0.5, 0.6) is 0 Å². The Morgan fingerprint density at radius 1 is 1.07 bits per heavy atom. The number of rotatable bonds is 6. The number of aromatic nitrogens is 2. The van der Waals surface area contributed by atoms with E-state index in [1.165, 1.54) is 5.56 Å². The molecule has 0 radical (unpaired) electrons. The fourth-order valence-electron chi connectivity index (χ4n) is 3.62. The number of benzene rings is 1. The first-order valence-corrected chi connectivity index (χ1v) is 10.1. The Morgan fingerprint density at radius 2 is 1.75 bits per heavy atom. The van der Waals surface area contributed by atoms with Crippen LogP contribution >= 0.6 is 0 Å². The molecule has 28 heavy (non-hydrogen) atoms. The molecule has 0 bridgehead atoms. The zero-order valence-electron chi connectivity index (χ0n) is 17.4. The Morgan fingerprint density at radius 3 is 2.36 bits per heavy atom. The van der Waals surface area contributed by atoms with Crippen molar-refractivity contribution in [3.8, 4) is 0 Å². The highest BCUT2D eigenvalue weighted by atomic mass is 16.2. The molecule has 1 aromatic carbocycles. The van der Waals surface area contributed by atoms with Crippen molar-refractivity contribution in [2.45, 2.75) is 40.3 Å². The Bertz CT molecular complexity index is 765. The summed E-state index contributed by atoms with van der Waals surface area (Å²) in [5, 5.41) is 0. The zero-order valence-corrected chi connectivity index (χ0v) is 17.4. The smallest absolute Gasteiger partial charge is 0.237 e. The molecule has 1 amide bonds. The number of hydrogen-bond acceptors (Lipinski definition) is 5. The lowest BCUT2D eigenvalue weighted by molar-refractivity contribution is -0.134. The van der Waals surface area contributed by atoms with E-state index in [9.17, 15) is 4.79 Å². The third-order valence-electron chi connectivity index (χ3n) is 5.15. The van der Waals surface area contributed by atoms with E-state index in [1.54, 1.807) is 0 Å².